The molecular weight excluding hydrogens is 190 g/mol. The molecule has 3 rings (SSSR count). The number of aryl methyl sites for hydroxylation is 1. The highest BCUT2D eigenvalue weighted by Crippen LogP contribution is 2.34. The van der Waals surface area contributed by atoms with Gasteiger partial charge >= 0.3 is 0 Å². The predicted octanol–water partition coefficient (Wildman–Crippen LogP) is 0.830. The maximum absolute atomic E-state index is 5.80. The van der Waals surface area contributed by atoms with Crippen molar-refractivity contribution in [2.24, 2.45) is 7.05 Å². The van der Waals surface area contributed by atoms with Gasteiger partial charge in [-0.25, -0.2) is 0 Å². The quantitative estimate of drug-likeness (QED) is 0.798. The fraction of sp³-hybridized carbons (Fsp3) is 0.727. The Labute approximate surface area is 89.6 Å². The van der Waals surface area contributed by atoms with Gasteiger partial charge in [0, 0.05) is 31.4 Å². The zero-order valence-corrected chi connectivity index (χ0v) is 9.02. The van der Waals surface area contributed by atoms with Crippen LogP contribution in [0, 0.1) is 0 Å². The summed E-state index contributed by atoms with van der Waals surface area (Å²) in [4.78, 5) is 0. The van der Waals surface area contributed by atoms with Crippen LogP contribution in [0.15, 0.2) is 12.4 Å². The summed E-state index contributed by atoms with van der Waals surface area (Å²) in [5, 5.41) is 7.72. The Morgan fingerprint density at radius 1 is 1.60 bits per heavy atom. The predicted molar refractivity (Wildman–Crippen MR) is 56.3 cm³/mol. The summed E-state index contributed by atoms with van der Waals surface area (Å²) in [6.07, 6.45) is 8.64. The molecule has 0 saturated carbocycles. The van der Waals surface area contributed by atoms with Gasteiger partial charge in [0.25, 0.3) is 0 Å². The topological polar surface area (TPSA) is 39.1 Å². The second-order valence-corrected chi connectivity index (χ2v) is 4.62. The van der Waals surface area contributed by atoms with E-state index in [2.05, 4.69) is 16.6 Å². The Morgan fingerprint density at radius 2 is 2.53 bits per heavy atom. The van der Waals surface area contributed by atoms with Gasteiger partial charge in [0.05, 0.1) is 18.4 Å². The highest BCUT2D eigenvalue weighted by molar-refractivity contribution is 5.04. The standard InChI is InChI=1S/C11H17N3O/c1-14-7-8(6-13-14)5-12-10-4-9-2-3-11(10)15-9/h6-7,9-12H,2-5H2,1H3. The molecular formula is C11H17N3O. The third kappa shape index (κ3) is 1.79. The van der Waals surface area contributed by atoms with Gasteiger partial charge in [-0.15, -0.1) is 0 Å². The van der Waals surface area contributed by atoms with Crippen LogP contribution in [0.25, 0.3) is 0 Å². The molecule has 2 bridgehead atoms. The van der Waals surface area contributed by atoms with E-state index in [0.717, 1.165) is 6.54 Å². The summed E-state index contributed by atoms with van der Waals surface area (Å²) in [6, 6.07) is 0.559. The molecule has 1 aromatic heterocycles. The lowest BCUT2D eigenvalue weighted by atomic mass is 9.95. The Balaban J connectivity index is 1.54. The molecule has 0 radical (unpaired) electrons. The monoisotopic (exact) mass is 207 g/mol. The smallest absolute Gasteiger partial charge is 0.0733 e. The molecule has 1 aromatic rings. The largest absolute Gasteiger partial charge is 0.373 e. The number of aromatic nitrogens is 2. The lowest BCUT2D eigenvalue weighted by molar-refractivity contribution is 0.0973. The highest BCUT2D eigenvalue weighted by atomic mass is 16.5. The van der Waals surface area contributed by atoms with E-state index in [4.69, 9.17) is 4.74 Å². The van der Waals surface area contributed by atoms with Crippen LogP contribution < -0.4 is 5.32 Å². The molecule has 2 aliphatic rings. The maximum Gasteiger partial charge on any atom is 0.0733 e. The van der Waals surface area contributed by atoms with Crippen molar-refractivity contribution in [1.29, 1.82) is 0 Å². The Bertz CT molecular complexity index is 349. The average Bonchev–Trinajstić information content (AvgIpc) is 2.90. The van der Waals surface area contributed by atoms with E-state index in [0.29, 0.717) is 18.2 Å². The maximum atomic E-state index is 5.80. The molecule has 4 nitrogen and oxygen atoms in total. The molecule has 1 N–H and O–H groups in total. The molecule has 82 valence electrons. The van der Waals surface area contributed by atoms with Crippen molar-refractivity contribution >= 4 is 0 Å². The van der Waals surface area contributed by atoms with Gasteiger partial charge in [-0.05, 0) is 19.3 Å². The Morgan fingerprint density at radius 3 is 3.13 bits per heavy atom. The number of rotatable bonds is 3. The van der Waals surface area contributed by atoms with Gasteiger partial charge in [-0.2, -0.15) is 5.10 Å². The molecule has 2 saturated heterocycles. The summed E-state index contributed by atoms with van der Waals surface area (Å²) in [5.74, 6) is 0. The van der Waals surface area contributed by atoms with Crippen molar-refractivity contribution in [3.63, 3.8) is 0 Å². The molecule has 3 atom stereocenters. The van der Waals surface area contributed by atoms with E-state index in [-0.39, 0.29) is 0 Å². The van der Waals surface area contributed by atoms with Crippen molar-refractivity contribution in [2.75, 3.05) is 0 Å². The van der Waals surface area contributed by atoms with Crippen molar-refractivity contribution in [2.45, 2.75) is 44.1 Å². The van der Waals surface area contributed by atoms with Crippen LogP contribution in [0.4, 0.5) is 0 Å². The lowest BCUT2D eigenvalue weighted by Gasteiger charge is -2.19. The van der Waals surface area contributed by atoms with Crippen molar-refractivity contribution in [3.8, 4) is 0 Å². The van der Waals surface area contributed by atoms with Gasteiger partial charge in [-0.3, -0.25) is 4.68 Å². The van der Waals surface area contributed by atoms with Gasteiger partial charge in [0.1, 0.15) is 0 Å². The number of nitrogens with one attached hydrogen (secondary N) is 1. The Hall–Kier alpha value is -0.870. The first-order valence-corrected chi connectivity index (χ1v) is 5.67. The van der Waals surface area contributed by atoms with Crippen LogP contribution in [-0.2, 0) is 18.3 Å². The van der Waals surface area contributed by atoms with E-state index in [1.165, 1.54) is 24.8 Å². The molecule has 0 aromatic carbocycles. The van der Waals surface area contributed by atoms with Crippen molar-refractivity contribution in [1.82, 2.24) is 15.1 Å². The molecule has 2 aliphatic heterocycles. The van der Waals surface area contributed by atoms with Crippen molar-refractivity contribution < 1.29 is 4.74 Å². The molecule has 2 fully saturated rings. The molecule has 0 aliphatic carbocycles. The summed E-state index contributed by atoms with van der Waals surface area (Å²) >= 11 is 0. The fourth-order valence-corrected chi connectivity index (χ4v) is 2.66. The first-order valence-electron chi connectivity index (χ1n) is 5.67. The summed E-state index contributed by atoms with van der Waals surface area (Å²) in [7, 11) is 1.95. The summed E-state index contributed by atoms with van der Waals surface area (Å²) in [5.41, 5.74) is 1.25. The minimum absolute atomic E-state index is 0.465. The second-order valence-electron chi connectivity index (χ2n) is 4.62. The third-order valence-electron chi connectivity index (χ3n) is 3.43. The first kappa shape index (κ1) is 9.36. The van der Waals surface area contributed by atoms with Crippen LogP contribution >= 0.6 is 0 Å². The number of nitrogens with zero attached hydrogens (tertiary/aromatic N) is 2. The van der Waals surface area contributed by atoms with E-state index in [9.17, 15) is 0 Å². The van der Waals surface area contributed by atoms with Crippen LogP contribution in [0.1, 0.15) is 24.8 Å². The average molecular weight is 207 g/mol. The highest BCUT2D eigenvalue weighted by Gasteiger charge is 2.40. The summed E-state index contributed by atoms with van der Waals surface area (Å²) < 4.78 is 7.64. The molecule has 0 amide bonds. The van der Waals surface area contributed by atoms with Gasteiger partial charge < -0.3 is 10.1 Å². The van der Waals surface area contributed by atoms with Crippen LogP contribution in [0.3, 0.4) is 0 Å². The molecule has 15 heavy (non-hydrogen) atoms. The van der Waals surface area contributed by atoms with Gasteiger partial charge in [0.2, 0.25) is 0 Å². The van der Waals surface area contributed by atoms with Crippen LogP contribution in [-0.4, -0.2) is 28.0 Å². The second kappa shape index (κ2) is 3.61. The first-order chi connectivity index (χ1) is 7.31. The Kier molecular flexibility index (Phi) is 2.25. The fourth-order valence-electron chi connectivity index (χ4n) is 2.66. The van der Waals surface area contributed by atoms with Crippen LogP contribution in [0.2, 0.25) is 0 Å². The third-order valence-corrected chi connectivity index (χ3v) is 3.43. The molecule has 0 spiro atoms. The zero-order chi connectivity index (χ0) is 10.3. The summed E-state index contributed by atoms with van der Waals surface area (Å²) in [6.45, 7) is 0.908. The van der Waals surface area contributed by atoms with E-state index >= 15 is 0 Å². The van der Waals surface area contributed by atoms with Gasteiger partial charge in [-0.1, -0.05) is 0 Å². The molecule has 3 unspecified atom stereocenters. The van der Waals surface area contributed by atoms with E-state index < -0.39 is 0 Å². The SMILES string of the molecule is Cn1cc(CNC2CC3CCC2O3)cn1. The number of hydrogen-bond acceptors (Lipinski definition) is 3. The lowest BCUT2D eigenvalue weighted by Crippen LogP contribution is -2.36. The minimum atomic E-state index is 0.465. The van der Waals surface area contributed by atoms with E-state index in [1.54, 1.807) is 0 Å². The van der Waals surface area contributed by atoms with Gasteiger partial charge in [0.15, 0.2) is 0 Å². The normalized spacial score (nSPS) is 33.8. The van der Waals surface area contributed by atoms with Crippen LogP contribution in [0.5, 0.6) is 0 Å². The van der Waals surface area contributed by atoms with Crippen molar-refractivity contribution in [3.05, 3.63) is 18.0 Å². The molecule has 3 heterocycles. The number of ether oxygens (including phenoxy) is 1. The number of hydrogen-bond donors (Lipinski definition) is 1. The number of fused-ring (bicyclic) bond motifs is 2. The minimum Gasteiger partial charge on any atom is -0.373 e. The van der Waals surface area contributed by atoms with E-state index in [1.807, 2.05) is 17.9 Å². The zero-order valence-electron chi connectivity index (χ0n) is 9.02. The molecule has 4 heteroatoms.